The van der Waals surface area contributed by atoms with Gasteiger partial charge in [-0.25, -0.2) is 0 Å². The van der Waals surface area contributed by atoms with Crippen LogP contribution in [0.25, 0.3) is 0 Å². The summed E-state index contributed by atoms with van der Waals surface area (Å²) in [4.78, 5) is 10.9. The maximum absolute atomic E-state index is 10.9. The van der Waals surface area contributed by atoms with Gasteiger partial charge in [0.25, 0.3) is 0 Å². The van der Waals surface area contributed by atoms with Crippen molar-refractivity contribution in [1.29, 1.82) is 0 Å². The van der Waals surface area contributed by atoms with Crippen LogP contribution in [0.2, 0.25) is 10.0 Å². The fourth-order valence-electron chi connectivity index (χ4n) is 1.99. The summed E-state index contributed by atoms with van der Waals surface area (Å²) in [5.41, 5.74) is 1.46. The van der Waals surface area contributed by atoms with Crippen molar-refractivity contribution in [3.8, 4) is 11.5 Å². The summed E-state index contributed by atoms with van der Waals surface area (Å²) in [7, 11) is 1.37. The van der Waals surface area contributed by atoms with Gasteiger partial charge in [-0.1, -0.05) is 41.4 Å². The van der Waals surface area contributed by atoms with E-state index in [1.807, 2.05) is 0 Å². The molecule has 2 aromatic rings. The first-order valence-corrected chi connectivity index (χ1v) is 7.01. The molecule has 0 aliphatic carbocycles. The van der Waals surface area contributed by atoms with Crippen LogP contribution in [0.15, 0.2) is 30.3 Å². The molecule has 0 unspecified atom stereocenters. The summed E-state index contributed by atoms with van der Waals surface area (Å²) < 4.78 is 5.03. The zero-order valence-corrected chi connectivity index (χ0v) is 13.1. The molecule has 0 amide bonds. The van der Waals surface area contributed by atoms with Crippen LogP contribution in [-0.2, 0) is 11.2 Å². The highest BCUT2D eigenvalue weighted by Gasteiger charge is 2.17. The zero-order chi connectivity index (χ0) is 16.3. The van der Waals surface area contributed by atoms with Crippen molar-refractivity contribution in [1.82, 2.24) is 0 Å². The summed E-state index contributed by atoms with van der Waals surface area (Å²) in [6.07, 6.45) is -0.145. The summed E-state index contributed by atoms with van der Waals surface area (Å²) in [5.74, 6) is -1.04. The molecular formula is C15H13Cl2NO4. The number of benzene rings is 2. The number of phenolic OH excluding ortho intramolecular Hbond substituents is 1. The molecular weight excluding hydrogens is 329 g/mol. The molecule has 5 nitrogen and oxygen atoms in total. The van der Waals surface area contributed by atoms with Crippen LogP contribution in [0.5, 0.6) is 11.5 Å². The van der Waals surface area contributed by atoms with Gasteiger partial charge in [-0.05, 0) is 11.6 Å². The van der Waals surface area contributed by atoms with Crippen molar-refractivity contribution >= 4 is 40.5 Å². The summed E-state index contributed by atoms with van der Waals surface area (Å²) in [6.45, 7) is 0. The molecule has 0 atom stereocenters. The molecule has 7 heteroatoms. The second-order valence-corrected chi connectivity index (χ2v) is 5.24. The van der Waals surface area contributed by atoms with Crippen LogP contribution < -0.4 is 10.1 Å². The lowest BCUT2D eigenvalue weighted by Crippen LogP contribution is -2.04. The number of halogens is 2. The number of methoxy groups -OCH3 is 1. The Balaban J connectivity index is 2.46. The Morgan fingerprint density at radius 2 is 2.00 bits per heavy atom. The van der Waals surface area contributed by atoms with E-state index in [1.165, 1.54) is 13.2 Å². The standard InChI is InChI=1S/C15H13Cl2NO4/c1-22-15-11(19)7-9(16)14(13(15)17)18-10-5-3-2-4-8(10)6-12(20)21/h2-5,7,18-19H,6H2,1H3,(H,20,21). The maximum atomic E-state index is 10.9. The number of carboxylic acid groups (broad SMARTS) is 1. The van der Waals surface area contributed by atoms with E-state index in [2.05, 4.69) is 5.32 Å². The van der Waals surface area contributed by atoms with Gasteiger partial charge in [0.1, 0.15) is 5.02 Å². The Morgan fingerprint density at radius 1 is 1.32 bits per heavy atom. The van der Waals surface area contributed by atoms with Gasteiger partial charge in [-0.15, -0.1) is 0 Å². The molecule has 0 aromatic heterocycles. The van der Waals surface area contributed by atoms with Gasteiger partial charge < -0.3 is 20.3 Å². The van der Waals surface area contributed by atoms with Gasteiger partial charge in [0.05, 0.1) is 24.2 Å². The second kappa shape index (κ2) is 6.77. The number of carboxylic acids is 1. The zero-order valence-electron chi connectivity index (χ0n) is 11.6. The summed E-state index contributed by atoms with van der Waals surface area (Å²) in [5, 5.41) is 22.0. The maximum Gasteiger partial charge on any atom is 0.307 e. The molecule has 0 saturated heterocycles. The smallest absolute Gasteiger partial charge is 0.307 e. The van der Waals surface area contributed by atoms with Crippen LogP contribution in [0.4, 0.5) is 11.4 Å². The molecule has 0 bridgehead atoms. The number of aliphatic carboxylic acids is 1. The Labute approximate surface area is 137 Å². The Morgan fingerprint density at radius 3 is 2.64 bits per heavy atom. The average Bonchev–Trinajstić information content (AvgIpc) is 2.44. The Hall–Kier alpha value is -2.11. The first-order chi connectivity index (χ1) is 10.4. The van der Waals surface area contributed by atoms with Gasteiger partial charge in [0, 0.05) is 11.8 Å². The molecule has 22 heavy (non-hydrogen) atoms. The Kier molecular flexibility index (Phi) is 5.00. The van der Waals surface area contributed by atoms with Crippen LogP contribution in [0, 0.1) is 0 Å². The van der Waals surface area contributed by atoms with Crippen LogP contribution in [0.3, 0.4) is 0 Å². The van der Waals surface area contributed by atoms with E-state index in [4.69, 9.17) is 33.0 Å². The minimum absolute atomic E-state index is 0.0873. The van der Waals surface area contributed by atoms with E-state index in [-0.39, 0.29) is 28.0 Å². The van der Waals surface area contributed by atoms with Crippen molar-refractivity contribution in [2.75, 3.05) is 12.4 Å². The van der Waals surface area contributed by atoms with Gasteiger partial charge >= 0.3 is 5.97 Å². The number of aromatic hydroxyl groups is 1. The average molecular weight is 342 g/mol. The van der Waals surface area contributed by atoms with Crippen molar-refractivity contribution in [2.24, 2.45) is 0 Å². The minimum atomic E-state index is -0.949. The first-order valence-electron chi connectivity index (χ1n) is 6.25. The highest BCUT2D eigenvalue weighted by atomic mass is 35.5. The number of hydrogen-bond acceptors (Lipinski definition) is 4. The molecule has 3 N–H and O–H groups in total. The Bertz CT molecular complexity index is 719. The third-order valence-corrected chi connectivity index (χ3v) is 3.64. The van der Waals surface area contributed by atoms with Crippen LogP contribution in [0.1, 0.15) is 5.56 Å². The molecule has 0 aliphatic heterocycles. The van der Waals surface area contributed by atoms with Gasteiger partial charge in [-0.2, -0.15) is 0 Å². The minimum Gasteiger partial charge on any atom is -0.504 e. The molecule has 0 saturated carbocycles. The van der Waals surface area contributed by atoms with Crippen molar-refractivity contribution in [3.63, 3.8) is 0 Å². The fourth-order valence-corrected chi connectivity index (χ4v) is 2.61. The number of rotatable bonds is 5. The SMILES string of the molecule is COc1c(O)cc(Cl)c(Nc2ccccc2CC(=O)O)c1Cl. The third kappa shape index (κ3) is 3.37. The third-order valence-electron chi connectivity index (χ3n) is 2.98. The lowest BCUT2D eigenvalue weighted by molar-refractivity contribution is -0.136. The van der Waals surface area contributed by atoms with Crippen molar-refractivity contribution in [2.45, 2.75) is 6.42 Å². The summed E-state index contributed by atoms with van der Waals surface area (Å²) >= 11 is 12.3. The number of ether oxygens (including phenoxy) is 1. The second-order valence-electron chi connectivity index (χ2n) is 4.45. The lowest BCUT2D eigenvalue weighted by Gasteiger charge is -2.16. The van der Waals surface area contributed by atoms with E-state index in [0.717, 1.165) is 0 Å². The van der Waals surface area contributed by atoms with E-state index >= 15 is 0 Å². The van der Waals surface area contributed by atoms with E-state index < -0.39 is 5.97 Å². The molecule has 0 spiro atoms. The topological polar surface area (TPSA) is 78.8 Å². The molecule has 116 valence electrons. The predicted molar refractivity (Wildman–Crippen MR) is 85.7 cm³/mol. The number of hydrogen-bond donors (Lipinski definition) is 3. The van der Waals surface area contributed by atoms with Gasteiger partial charge in [0.2, 0.25) is 0 Å². The number of para-hydroxylation sites is 1. The molecule has 2 aromatic carbocycles. The van der Waals surface area contributed by atoms with Crippen molar-refractivity contribution in [3.05, 3.63) is 45.9 Å². The predicted octanol–water partition coefficient (Wildman–Crippen LogP) is 4.08. The molecule has 2 rings (SSSR count). The number of anilines is 2. The van der Waals surface area contributed by atoms with E-state index in [0.29, 0.717) is 16.9 Å². The van der Waals surface area contributed by atoms with Gasteiger partial charge in [0.15, 0.2) is 11.5 Å². The number of phenols is 1. The number of carbonyl (C=O) groups is 1. The quantitative estimate of drug-likeness (QED) is 0.714. The van der Waals surface area contributed by atoms with E-state index in [9.17, 15) is 9.90 Å². The van der Waals surface area contributed by atoms with E-state index in [1.54, 1.807) is 24.3 Å². The monoisotopic (exact) mass is 341 g/mol. The normalized spacial score (nSPS) is 10.3. The van der Waals surface area contributed by atoms with Crippen LogP contribution >= 0.6 is 23.2 Å². The first kappa shape index (κ1) is 16.3. The van der Waals surface area contributed by atoms with Crippen LogP contribution in [-0.4, -0.2) is 23.3 Å². The summed E-state index contributed by atoms with van der Waals surface area (Å²) in [6, 6.07) is 8.20. The highest BCUT2D eigenvalue weighted by Crippen LogP contribution is 2.45. The molecule has 0 fully saturated rings. The molecule has 0 radical (unpaired) electrons. The van der Waals surface area contributed by atoms with Gasteiger partial charge in [-0.3, -0.25) is 4.79 Å². The lowest BCUT2D eigenvalue weighted by atomic mass is 10.1. The number of nitrogens with one attached hydrogen (secondary N) is 1. The molecule has 0 aliphatic rings. The molecule has 0 heterocycles. The fraction of sp³-hybridized carbons (Fsp3) is 0.133. The van der Waals surface area contributed by atoms with Crippen molar-refractivity contribution < 1.29 is 19.7 Å². The highest BCUT2D eigenvalue weighted by molar-refractivity contribution is 6.40. The largest absolute Gasteiger partial charge is 0.504 e.